The summed E-state index contributed by atoms with van der Waals surface area (Å²) in [7, 11) is 4.19. The van der Waals surface area contributed by atoms with Gasteiger partial charge in [0.15, 0.2) is 0 Å². The van der Waals surface area contributed by atoms with Gasteiger partial charge in [0.25, 0.3) is 11.5 Å². The molecule has 1 atom stereocenters. The lowest BCUT2D eigenvalue weighted by Crippen LogP contribution is -2.39. The number of anilines is 1. The number of nitrogens with zero attached hydrogens (tertiary/aromatic N) is 6. The predicted octanol–water partition coefficient (Wildman–Crippen LogP) is 0.516. The lowest BCUT2D eigenvalue weighted by atomic mass is 10.0. The third-order valence-electron chi connectivity index (χ3n) is 6.08. The van der Waals surface area contributed by atoms with Gasteiger partial charge in [-0.05, 0) is 40.8 Å². The molecular weight excluding hydrogens is 370 g/mol. The van der Waals surface area contributed by atoms with Gasteiger partial charge in [0, 0.05) is 54.6 Å². The summed E-state index contributed by atoms with van der Waals surface area (Å²) in [4.78, 5) is 40.4. The minimum atomic E-state index is -0.205. The van der Waals surface area contributed by atoms with Crippen LogP contribution in [0.5, 0.6) is 0 Å². The van der Waals surface area contributed by atoms with Crippen molar-refractivity contribution in [3.8, 4) is 0 Å². The minimum Gasteiger partial charge on any atom is -0.355 e. The van der Waals surface area contributed by atoms with Crippen LogP contribution in [0.3, 0.4) is 0 Å². The molecule has 1 fully saturated rings. The van der Waals surface area contributed by atoms with E-state index in [1.807, 2.05) is 13.8 Å². The summed E-state index contributed by atoms with van der Waals surface area (Å²) in [5.74, 6) is 0.863. The molecule has 0 unspecified atom stereocenters. The Balaban J connectivity index is 1.60. The van der Waals surface area contributed by atoms with Crippen LogP contribution in [0, 0.1) is 13.8 Å². The van der Waals surface area contributed by atoms with E-state index < -0.39 is 0 Å². The number of hydrogen-bond donors (Lipinski definition) is 1. The van der Waals surface area contributed by atoms with E-state index in [0.29, 0.717) is 31.1 Å². The molecule has 9 nitrogen and oxygen atoms in total. The Kier molecular flexibility index (Phi) is 5.08. The topological polar surface area (TPSA) is 98.3 Å². The molecule has 2 aromatic rings. The van der Waals surface area contributed by atoms with Gasteiger partial charge in [-0.2, -0.15) is 5.10 Å². The molecule has 0 radical (unpaired) electrons. The molecule has 29 heavy (non-hydrogen) atoms. The molecule has 9 heteroatoms. The molecule has 1 amide bonds. The number of rotatable bonds is 3. The molecule has 0 saturated carbocycles. The SMILES string of the molecule is Cc1nc(C(=O)N2CCc3c(cn[nH]c3=O)C2)nc(N2CC[C@@H](N(C)C)C2)c1C. The van der Waals surface area contributed by atoms with Gasteiger partial charge < -0.3 is 14.7 Å². The molecule has 0 bridgehead atoms. The van der Waals surface area contributed by atoms with E-state index in [1.54, 1.807) is 11.1 Å². The van der Waals surface area contributed by atoms with Crippen LogP contribution in [0.4, 0.5) is 5.82 Å². The third kappa shape index (κ3) is 3.62. The average Bonchev–Trinajstić information content (AvgIpc) is 3.19. The molecule has 4 heterocycles. The first-order chi connectivity index (χ1) is 13.8. The summed E-state index contributed by atoms with van der Waals surface area (Å²) in [5.41, 5.74) is 3.15. The Bertz CT molecular complexity index is 1000. The molecular formula is C20H27N7O2. The van der Waals surface area contributed by atoms with E-state index in [2.05, 4.69) is 44.1 Å². The maximum atomic E-state index is 13.2. The molecule has 1 N–H and O–H groups in total. The average molecular weight is 397 g/mol. The lowest BCUT2D eigenvalue weighted by molar-refractivity contribution is 0.0721. The van der Waals surface area contributed by atoms with Crippen molar-refractivity contribution in [3.05, 3.63) is 44.8 Å². The smallest absolute Gasteiger partial charge is 0.292 e. The van der Waals surface area contributed by atoms with E-state index in [4.69, 9.17) is 0 Å². The van der Waals surface area contributed by atoms with E-state index in [9.17, 15) is 9.59 Å². The van der Waals surface area contributed by atoms with Crippen LogP contribution in [0.1, 0.15) is 39.4 Å². The predicted molar refractivity (Wildman–Crippen MR) is 109 cm³/mol. The van der Waals surface area contributed by atoms with Crippen LogP contribution in [0.15, 0.2) is 11.0 Å². The van der Waals surface area contributed by atoms with Crippen molar-refractivity contribution in [2.75, 3.05) is 38.6 Å². The highest BCUT2D eigenvalue weighted by molar-refractivity contribution is 5.91. The monoisotopic (exact) mass is 397 g/mol. The number of nitrogens with one attached hydrogen (secondary N) is 1. The van der Waals surface area contributed by atoms with Crippen molar-refractivity contribution in [1.82, 2.24) is 30.0 Å². The maximum Gasteiger partial charge on any atom is 0.292 e. The Morgan fingerprint density at radius 1 is 1.24 bits per heavy atom. The first-order valence-corrected chi connectivity index (χ1v) is 9.96. The second kappa shape index (κ2) is 7.55. The van der Waals surface area contributed by atoms with Crippen molar-refractivity contribution in [2.45, 2.75) is 39.3 Å². The van der Waals surface area contributed by atoms with Crippen molar-refractivity contribution in [3.63, 3.8) is 0 Å². The summed E-state index contributed by atoms with van der Waals surface area (Å²) in [5, 5.41) is 6.32. The quantitative estimate of drug-likeness (QED) is 0.806. The molecule has 2 aliphatic rings. The molecule has 2 aliphatic heterocycles. The highest BCUT2D eigenvalue weighted by atomic mass is 16.2. The molecule has 0 aliphatic carbocycles. The minimum absolute atomic E-state index is 0.177. The van der Waals surface area contributed by atoms with Gasteiger partial charge >= 0.3 is 0 Å². The van der Waals surface area contributed by atoms with Gasteiger partial charge in [-0.1, -0.05) is 0 Å². The van der Waals surface area contributed by atoms with Crippen LogP contribution >= 0.6 is 0 Å². The number of fused-ring (bicyclic) bond motifs is 1. The fourth-order valence-electron chi connectivity index (χ4n) is 4.09. The van der Waals surface area contributed by atoms with E-state index in [1.165, 1.54) is 0 Å². The number of carbonyl (C=O) groups is 1. The Morgan fingerprint density at radius 2 is 2.03 bits per heavy atom. The van der Waals surface area contributed by atoms with Gasteiger partial charge in [0.05, 0.1) is 6.20 Å². The van der Waals surface area contributed by atoms with Crippen LogP contribution in [-0.2, 0) is 13.0 Å². The summed E-state index contributed by atoms with van der Waals surface area (Å²) in [6.45, 7) is 6.56. The van der Waals surface area contributed by atoms with Crippen molar-refractivity contribution >= 4 is 11.7 Å². The summed E-state index contributed by atoms with van der Waals surface area (Å²) >= 11 is 0. The Labute approximate surface area is 169 Å². The number of likely N-dealkylation sites (N-methyl/N-ethyl adjacent to an activating group) is 1. The highest BCUT2D eigenvalue weighted by Crippen LogP contribution is 2.26. The number of carbonyl (C=O) groups excluding carboxylic acids is 1. The molecule has 2 aromatic heterocycles. The second-order valence-corrected chi connectivity index (χ2v) is 8.11. The van der Waals surface area contributed by atoms with E-state index in [-0.39, 0.29) is 17.3 Å². The van der Waals surface area contributed by atoms with Gasteiger partial charge in [-0.25, -0.2) is 15.1 Å². The zero-order chi connectivity index (χ0) is 20.7. The van der Waals surface area contributed by atoms with Crippen molar-refractivity contribution in [1.29, 1.82) is 0 Å². The van der Waals surface area contributed by atoms with Gasteiger partial charge in [-0.3, -0.25) is 9.59 Å². The van der Waals surface area contributed by atoms with Crippen LogP contribution in [-0.4, -0.2) is 75.6 Å². The second-order valence-electron chi connectivity index (χ2n) is 8.11. The largest absolute Gasteiger partial charge is 0.355 e. The number of amides is 1. The van der Waals surface area contributed by atoms with Crippen molar-refractivity contribution < 1.29 is 4.79 Å². The first-order valence-electron chi connectivity index (χ1n) is 9.96. The van der Waals surface area contributed by atoms with Crippen LogP contribution in [0.2, 0.25) is 0 Å². The number of aromatic amines is 1. The third-order valence-corrected chi connectivity index (χ3v) is 6.08. The van der Waals surface area contributed by atoms with E-state index >= 15 is 0 Å². The van der Waals surface area contributed by atoms with Crippen LogP contribution in [0.25, 0.3) is 0 Å². The van der Waals surface area contributed by atoms with Gasteiger partial charge in [0.1, 0.15) is 5.82 Å². The molecule has 0 aromatic carbocycles. The fourth-order valence-corrected chi connectivity index (χ4v) is 4.09. The number of hydrogen-bond acceptors (Lipinski definition) is 7. The first kappa shape index (κ1) is 19.5. The number of H-pyrrole nitrogens is 1. The number of aromatic nitrogens is 4. The lowest BCUT2D eigenvalue weighted by Gasteiger charge is -2.28. The Morgan fingerprint density at radius 3 is 2.76 bits per heavy atom. The van der Waals surface area contributed by atoms with Gasteiger partial charge in [-0.15, -0.1) is 0 Å². The standard InChI is InChI=1S/C20H27N7O2/c1-12-13(2)22-17(23-18(12)26-7-5-15(11-26)25(3)4)20(29)27-8-6-16-14(10-27)9-21-24-19(16)28/h9,15H,5-8,10-11H2,1-4H3,(H,24,28)/t15-/m1/s1. The normalized spacial score (nSPS) is 19.0. The summed E-state index contributed by atoms with van der Waals surface area (Å²) in [6, 6.07) is 0.480. The zero-order valence-electron chi connectivity index (χ0n) is 17.4. The molecule has 154 valence electrons. The molecule has 4 rings (SSSR count). The molecule has 1 saturated heterocycles. The van der Waals surface area contributed by atoms with Gasteiger partial charge in [0.2, 0.25) is 5.82 Å². The highest BCUT2D eigenvalue weighted by Gasteiger charge is 2.30. The summed E-state index contributed by atoms with van der Waals surface area (Å²) < 4.78 is 0. The van der Waals surface area contributed by atoms with E-state index in [0.717, 1.165) is 42.1 Å². The maximum absolute atomic E-state index is 13.2. The Hall–Kier alpha value is -2.81. The zero-order valence-corrected chi connectivity index (χ0v) is 17.4. The number of aryl methyl sites for hydroxylation is 1. The fraction of sp³-hybridized carbons (Fsp3) is 0.550. The summed E-state index contributed by atoms with van der Waals surface area (Å²) in [6.07, 6.45) is 3.20. The van der Waals surface area contributed by atoms with Crippen molar-refractivity contribution in [2.24, 2.45) is 0 Å². The molecule has 0 spiro atoms. The van der Waals surface area contributed by atoms with Crippen LogP contribution < -0.4 is 10.5 Å².